The fourth-order valence-electron chi connectivity index (χ4n) is 2.27. The Hall–Kier alpha value is -1.55. The highest BCUT2D eigenvalue weighted by Crippen LogP contribution is 2.30. The maximum atomic E-state index is 8.93. The van der Waals surface area contributed by atoms with Crippen molar-refractivity contribution >= 4 is 5.71 Å². The van der Waals surface area contributed by atoms with E-state index in [-0.39, 0.29) is 0 Å². The van der Waals surface area contributed by atoms with Crippen LogP contribution >= 0.6 is 0 Å². The average Bonchev–Trinajstić information content (AvgIpc) is 2.86. The third-order valence-electron chi connectivity index (χ3n) is 3.30. The molecule has 2 rings (SSSR count). The number of hydrogen-bond donors (Lipinski definition) is 1. The fraction of sp³-hybridized carbons (Fsp3) is 0.533. The second kappa shape index (κ2) is 7.14. The van der Waals surface area contributed by atoms with Crippen molar-refractivity contribution in [2.24, 2.45) is 5.16 Å². The van der Waals surface area contributed by atoms with E-state index in [1.165, 1.54) is 0 Å². The summed E-state index contributed by atoms with van der Waals surface area (Å²) in [6.45, 7) is 4.12. The maximum Gasteiger partial charge on any atom is 0.123 e. The van der Waals surface area contributed by atoms with Crippen LogP contribution in [0.5, 0.6) is 5.75 Å². The monoisotopic (exact) mass is 263 g/mol. The number of unbranched alkanes of at least 4 members (excludes halogenated alkanes) is 1. The van der Waals surface area contributed by atoms with Crippen LogP contribution in [0.3, 0.4) is 0 Å². The quantitative estimate of drug-likeness (QED) is 0.467. The molecule has 4 heteroatoms. The molecule has 1 aliphatic rings. The lowest BCUT2D eigenvalue weighted by atomic mass is 10.1. The lowest BCUT2D eigenvalue weighted by molar-refractivity contribution is 0.0978. The Bertz CT molecular complexity index is 443. The van der Waals surface area contributed by atoms with E-state index >= 15 is 0 Å². The van der Waals surface area contributed by atoms with Crippen molar-refractivity contribution in [1.29, 1.82) is 0 Å². The van der Waals surface area contributed by atoms with Crippen molar-refractivity contribution in [1.82, 2.24) is 0 Å². The van der Waals surface area contributed by atoms with Crippen LogP contribution in [0.1, 0.15) is 37.3 Å². The van der Waals surface area contributed by atoms with Crippen LogP contribution in [-0.4, -0.2) is 30.7 Å². The first-order valence-electron chi connectivity index (χ1n) is 6.90. The Balaban J connectivity index is 1.87. The van der Waals surface area contributed by atoms with E-state index in [1.807, 2.05) is 18.2 Å². The molecular formula is C15H21NO3. The van der Waals surface area contributed by atoms with Gasteiger partial charge in [0.1, 0.15) is 12.4 Å². The van der Waals surface area contributed by atoms with E-state index < -0.39 is 0 Å². The van der Waals surface area contributed by atoms with E-state index in [2.05, 4.69) is 12.1 Å². The molecule has 1 aliphatic carbocycles. The summed E-state index contributed by atoms with van der Waals surface area (Å²) in [5.41, 5.74) is 2.90. The van der Waals surface area contributed by atoms with Gasteiger partial charge in [-0.2, -0.15) is 0 Å². The van der Waals surface area contributed by atoms with E-state index in [4.69, 9.17) is 14.7 Å². The number of nitrogens with zero attached hydrogens (tertiary/aromatic N) is 1. The molecule has 0 aliphatic heterocycles. The standard InChI is InChI=1S/C15H21NO3/c1-2-3-9-18-10-11-19-15-6-4-5-12-13(15)7-8-14(12)16-17/h4-6,17H,2-3,7-11H2,1H3. The van der Waals surface area contributed by atoms with E-state index in [9.17, 15) is 0 Å². The highest BCUT2D eigenvalue weighted by molar-refractivity contribution is 6.04. The minimum absolute atomic E-state index is 0.561. The van der Waals surface area contributed by atoms with Crippen molar-refractivity contribution in [3.63, 3.8) is 0 Å². The van der Waals surface area contributed by atoms with E-state index in [0.29, 0.717) is 13.2 Å². The largest absolute Gasteiger partial charge is 0.491 e. The SMILES string of the molecule is CCCCOCCOc1cccc2c1CCC2=NO. The molecule has 4 nitrogen and oxygen atoms in total. The van der Waals surface area contributed by atoms with Crippen LogP contribution in [-0.2, 0) is 11.2 Å². The van der Waals surface area contributed by atoms with Crippen LogP contribution < -0.4 is 4.74 Å². The van der Waals surface area contributed by atoms with Crippen molar-refractivity contribution < 1.29 is 14.7 Å². The lowest BCUT2D eigenvalue weighted by Crippen LogP contribution is -2.08. The zero-order valence-electron chi connectivity index (χ0n) is 11.4. The third kappa shape index (κ3) is 3.47. The third-order valence-corrected chi connectivity index (χ3v) is 3.30. The van der Waals surface area contributed by atoms with Crippen LogP contribution in [0.4, 0.5) is 0 Å². The Labute approximate surface area is 114 Å². The summed E-state index contributed by atoms with van der Waals surface area (Å²) in [6.07, 6.45) is 3.90. The first kappa shape index (κ1) is 13.9. The first-order valence-corrected chi connectivity index (χ1v) is 6.90. The summed E-state index contributed by atoms with van der Waals surface area (Å²) in [5, 5.41) is 12.3. The molecule has 1 aromatic carbocycles. The first-order chi connectivity index (χ1) is 9.36. The molecule has 0 spiro atoms. The van der Waals surface area contributed by atoms with Crippen molar-refractivity contribution in [3.05, 3.63) is 29.3 Å². The number of rotatable bonds is 7. The summed E-state index contributed by atoms with van der Waals surface area (Å²) in [5.74, 6) is 0.884. The summed E-state index contributed by atoms with van der Waals surface area (Å²) >= 11 is 0. The molecule has 19 heavy (non-hydrogen) atoms. The molecule has 0 amide bonds. The maximum absolute atomic E-state index is 8.93. The summed E-state index contributed by atoms with van der Waals surface area (Å²) in [6, 6.07) is 5.87. The molecule has 0 bridgehead atoms. The number of oxime groups is 1. The molecule has 0 unspecified atom stereocenters. The van der Waals surface area contributed by atoms with Gasteiger partial charge in [-0.25, -0.2) is 0 Å². The summed E-state index contributed by atoms with van der Waals surface area (Å²) in [4.78, 5) is 0. The van der Waals surface area contributed by atoms with Gasteiger partial charge in [0.15, 0.2) is 0 Å². The highest BCUT2D eigenvalue weighted by Gasteiger charge is 2.21. The molecule has 0 saturated heterocycles. The van der Waals surface area contributed by atoms with Crippen LogP contribution in [0, 0.1) is 0 Å². The van der Waals surface area contributed by atoms with Gasteiger partial charge in [0.25, 0.3) is 0 Å². The minimum Gasteiger partial charge on any atom is -0.491 e. The molecule has 0 saturated carbocycles. The normalized spacial score (nSPS) is 15.7. The molecule has 104 valence electrons. The average molecular weight is 263 g/mol. The fourth-order valence-corrected chi connectivity index (χ4v) is 2.27. The summed E-state index contributed by atoms with van der Waals surface area (Å²) < 4.78 is 11.2. The van der Waals surface area contributed by atoms with Gasteiger partial charge in [0, 0.05) is 17.7 Å². The van der Waals surface area contributed by atoms with Crippen molar-refractivity contribution in [3.8, 4) is 5.75 Å². The summed E-state index contributed by atoms with van der Waals surface area (Å²) in [7, 11) is 0. The molecule has 0 atom stereocenters. The molecule has 1 N–H and O–H groups in total. The number of hydrogen-bond acceptors (Lipinski definition) is 4. The Morgan fingerprint density at radius 2 is 2.11 bits per heavy atom. The number of fused-ring (bicyclic) bond motifs is 1. The van der Waals surface area contributed by atoms with Gasteiger partial charge in [-0.15, -0.1) is 0 Å². The van der Waals surface area contributed by atoms with Crippen molar-refractivity contribution in [2.75, 3.05) is 19.8 Å². The Morgan fingerprint density at radius 1 is 1.21 bits per heavy atom. The van der Waals surface area contributed by atoms with Crippen LogP contribution in [0.15, 0.2) is 23.4 Å². The van der Waals surface area contributed by atoms with E-state index in [0.717, 1.165) is 54.9 Å². The molecule has 1 aromatic rings. The van der Waals surface area contributed by atoms with E-state index in [1.54, 1.807) is 0 Å². The molecule has 0 aromatic heterocycles. The lowest BCUT2D eigenvalue weighted by Gasteiger charge is -2.10. The zero-order valence-corrected chi connectivity index (χ0v) is 11.4. The van der Waals surface area contributed by atoms with Gasteiger partial charge in [-0.05, 0) is 25.3 Å². The van der Waals surface area contributed by atoms with Gasteiger partial charge in [0.05, 0.1) is 12.3 Å². The van der Waals surface area contributed by atoms with Gasteiger partial charge in [-0.3, -0.25) is 0 Å². The molecule has 0 heterocycles. The highest BCUT2D eigenvalue weighted by atomic mass is 16.5. The Morgan fingerprint density at radius 3 is 2.89 bits per heavy atom. The topological polar surface area (TPSA) is 51.0 Å². The predicted octanol–water partition coefficient (Wildman–Crippen LogP) is 3.01. The van der Waals surface area contributed by atoms with Gasteiger partial charge in [0.2, 0.25) is 0 Å². The van der Waals surface area contributed by atoms with Gasteiger partial charge < -0.3 is 14.7 Å². The number of benzene rings is 1. The number of ether oxygens (including phenoxy) is 2. The van der Waals surface area contributed by atoms with Gasteiger partial charge in [-0.1, -0.05) is 30.6 Å². The van der Waals surface area contributed by atoms with Crippen LogP contribution in [0.25, 0.3) is 0 Å². The second-order valence-corrected chi connectivity index (χ2v) is 4.64. The minimum atomic E-state index is 0.561. The Kier molecular flexibility index (Phi) is 5.21. The van der Waals surface area contributed by atoms with Crippen LogP contribution in [0.2, 0.25) is 0 Å². The predicted molar refractivity (Wildman–Crippen MR) is 74.3 cm³/mol. The van der Waals surface area contributed by atoms with Gasteiger partial charge >= 0.3 is 0 Å². The van der Waals surface area contributed by atoms with Crippen molar-refractivity contribution in [2.45, 2.75) is 32.6 Å². The molecule has 0 radical (unpaired) electrons. The zero-order chi connectivity index (χ0) is 13.5. The smallest absolute Gasteiger partial charge is 0.123 e. The molecule has 0 fully saturated rings. The molecular weight excluding hydrogens is 242 g/mol. The second-order valence-electron chi connectivity index (χ2n) is 4.64.